The van der Waals surface area contributed by atoms with Gasteiger partial charge in [0, 0.05) is 52.1 Å². The van der Waals surface area contributed by atoms with Gasteiger partial charge in [0.05, 0.1) is 17.5 Å². The number of aromatic amines is 1. The molecule has 1 aliphatic rings. The van der Waals surface area contributed by atoms with Crippen LogP contribution in [0.1, 0.15) is 59.6 Å². The predicted molar refractivity (Wildman–Crippen MR) is 172 cm³/mol. The number of nitrogens with zero attached hydrogens (tertiary/aromatic N) is 3. The number of amides is 1. The molecule has 4 aromatic rings. The Bertz CT molecular complexity index is 1720. The Morgan fingerprint density at radius 1 is 1.12 bits per heavy atom. The molecule has 0 bridgehead atoms. The first-order valence-electron chi connectivity index (χ1n) is 14.3. The third kappa shape index (κ3) is 6.53. The van der Waals surface area contributed by atoms with Crippen LogP contribution >= 0.6 is 0 Å². The Hall–Kier alpha value is -4.32. The third-order valence-electron chi connectivity index (χ3n) is 7.87. The minimum Gasteiger partial charge on any atom is -0.358 e. The zero-order chi connectivity index (χ0) is 30.7. The summed E-state index contributed by atoms with van der Waals surface area (Å²) in [6.45, 7) is 10.9. The lowest BCUT2D eigenvalue weighted by Gasteiger charge is -2.17. The number of aryl methyl sites for hydroxylation is 1. The van der Waals surface area contributed by atoms with Gasteiger partial charge in [0.15, 0.2) is 5.78 Å². The highest BCUT2D eigenvalue weighted by Crippen LogP contribution is 2.37. The number of fused-ring (bicyclic) bond motifs is 1. The maximum absolute atomic E-state index is 13.2. The largest absolute Gasteiger partial charge is 0.358 e. The van der Waals surface area contributed by atoms with Gasteiger partial charge in [0.25, 0.3) is 17.2 Å². The average molecular weight is 601 g/mol. The maximum atomic E-state index is 13.2. The summed E-state index contributed by atoms with van der Waals surface area (Å²) in [7, 11) is 0. The van der Waals surface area contributed by atoms with Crippen molar-refractivity contribution in [1.82, 2.24) is 19.7 Å². The van der Waals surface area contributed by atoms with Gasteiger partial charge in [0.2, 0.25) is 0 Å². The first kappa shape index (κ1) is 30.1. The van der Waals surface area contributed by atoms with Crippen molar-refractivity contribution in [2.45, 2.75) is 40.5 Å². The van der Waals surface area contributed by atoms with Crippen molar-refractivity contribution in [2.24, 2.45) is 0 Å². The molecule has 0 saturated heterocycles. The van der Waals surface area contributed by atoms with E-state index in [2.05, 4.69) is 38.9 Å². The van der Waals surface area contributed by atoms with Gasteiger partial charge < -0.3 is 15.2 Å². The third-order valence-corrected chi connectivity index (χ3v) is 8.28. The molecular formula is C32H36N6O4S. The van der Waals surface area contributed by atoms with Gasteiger partial charge in [-0.1, -0.05) is 19.9 Å². The molecule has 3 heterocycles. The topological polar surface area (TPSA) is 132 Å². The molecule has 2 aromatic heterocycles. The fourth-order valence-corrected chi connectivity index (χ4v) is 5.85. The molecule has 0 fully saturated rings. The molecule has 1 aliphatic heterocycles. The monoisotopic (exact) mass is 600 g/mol. The summed E-state index contributed by atoms with van der Waals surface area (Å²) < 4.78 is 24.1. The van der Waals surface area contributed by atoms with E-state index in [-0.39, 0.29) is 11.7 Å². The number of H-pyrrole nitrogens is 1. The average Bonchev–Trinajstić information content (AvgIpc) is 3.67. The van der Waals surface area contributed by atoms with E-state index in [1.165, 1.54) is 0 Å². The van der Waals surface area contributed by atoms with Crippen molar-refractivity contribution in [3.63, 3.8) is 0 Å². The first-order chi connectivity index (χ1) is 20.7. The predicted octanol–water partition coefficient (Wildman–Crippen LogP) is 5.83. The molecule has 1 atom stereocenters. The van der Waals surface area contributed by atoms with E-state index in [1.807, 2.05) is 44.3 Å². The SMILES string of the molecule is CCN(CC)CCCC(=O)c1c(C)[nH]c(/C=C2\C(=O)Nc3ccc(-c4cnn(-c5ccc(NS(=O)O)cc5)c4)cc32)c1C. The van der Waals surface area contributed by atoms with Crippen LogP contribution in [0.5, 0.6) is 0 Å². The van der Waals surface area contributed by atoms with Gasteiger partial charge >= 0.3 is 0 Å². The molecule has 4 N–H and O–H groups in total. The Labute approximate surface area is 253 Å². The van der Waals surface area contributed by atoms with Gasteiger partial charge in [-0.25, -0.2) is 8.89 Å². The maximum Gasteiger partial charge on any atom is 0.259 e. The molecule has 2 aromatic carbocycles. The molecule has 0 spiro atoms. The Balaban J connectivity index is 1.38. The molecule has 10 nitrogen and oxygen atoms in total. The van der Waals surface area contributed by atoms with Crippen molar-refractivity contribution in [3.05, 3.63) is 82.9 Å². The first-order valence-corrected chi connectivity index (χ1v) is 15.4. The van der Waals surface area contributed by atoms with Crippen molar-refractivity contribution < 1.29 is 18.4 Å². The Morgan fingerprint density at radius 2 is 1.86 bits per heavy atom. The molecule has 5 rings (SSSR count). The van der Waals surface area contributed by atoms with E-state index in [0.717, 1.165) is 71.1 Å². The van der Waals surface area contributed by atoms with Crippen LogP contribution in [0.4, 0.5) is 11.4 Å². The van der Waals surface area contributed by atoms with Gasteiger partial charge in [-0.3, -0.25) is 18.9 Å². The van der Waals surface area contributed by atoms with E-state index in [4.69, 9.17) is 4.55 Å². The van der Waals surface area contributed by atoms with E-state index in [1.54, 1.807) is 35.1 Å². The lowest BCUT2D eigenvalue weighted by atomic mass is 9.98. The van der Waals surface area contributed by atoms with Crippen molar-refractivity contribution in [1.29, 1.82) is 0 Å². The number of hydrogen-bond acceptors (Lipinski definition) is 5. The fraction of sp³-hybridized carbons (Fsp3) is 0.281. The van der Waals surface area contributed by atoms with E-state index in [9.17, 15) is 13.8 Å². The highest BCUT2D eigenvalue weighted by Gasteiger charge is 2.26. The van der Waals surface area contributed by atoms with Crippen LogP contribution in [-0.2, 0) is 16.1 Å². The zero-order valence-corrected chi connectivity index (χ0v) is 25.5. The lowest BCUT2D eigenvalue weighted by Crippen LogP contribution is -2.24. The van der Waals surface area contributed by atoms with E-state index >= 15 is 0 Å². The summed E-state index contributed by atoms with van der Waals surface area (Å²) in [5, 5.41) is 7.43. The molecule has 1 amide bonds. The minimum atomic E-state index is -2.14. The molecule has 11 heteroatoms. The summed E-state index contributed by atoms with van der Waals surface area (Å²) in [6.07, 6.45) is 6.76. The number of nitrogens with one attached hydrogen (secondary N) is 3. The van der Waals surface area contributed by atoms with Crippen molar-refractivity contribution in [2.75, 3.05) is 29.7 Å². The number of ketones is 1. The molecule has 0 aliphatic carbocycles. The quantitative estimate of drug-likeness (QED) is 0.0919. The van der Waals surface area contributed by atoms with Gasteiger partial charge in [0.1, 0.15) is 0 Å². The lowest BCUT2D eigenvalue weighted by molar-refractivity contribution is -0.110. The van der Waals surface area contributed by atoms with Gasteiger partial charge in [-0.2, -0.15) is 5.10 Å². The van der Waals surface area contributed by atoms with Crippen LogP contribution < -0.4 is 10.0 Å². The van der Waals surface area contributed by atoms with Crippen LogP contribution in [0.25, 0.3) is 28.5 Å². The molecular weight excluding hydrogens is 564 g/mol. The second-order valence-electron chi connectivity index (χ2n) is 10.6. The van der Waals surface area contributed by atoms with Crippen LogP contribution in [-0.4, -0.2) is 59.8 Å². The van der Waals surface area contributed by atoms with Crippen LogP contribution in [0, 0.1) is 13.8 Å². The number of aromatic nitrogens is 3. The summed E-state index contributed by atoms with van der Waals surface area (Å²) in [4.78, 5) is 31.8. The summed E-state index contributed by atoms with van der Waals surface area (Å²) in [5.74, 6) is -0.0768. The van der Waals surface area contributed by atoms with Crippen molar-refractivity contribution >= 4 is 46.0 Å². The molecule has 0 radical (unpaired) electrons. The summed E-state index contributed by atoms with van der Waals surface area (Å²) >= 11 is -2.14. The number of anilines is 2. The highest BCUT2D eigenvalue weighted by molar-refractivity contribution is 7.80. The number of benzene rings is 2. The van der Waals surface area contributed by atoms with E-state index in [0.29, 0.717) is 23.2 Å². The number of rotatable bonds is 12. The Kier molecular flexibility index (Phi) is 9.05. The normalized spacial score (nSPS) is 14.3. The Morgan fingerprint density at radius 3 is 2.56 bits per heavy atom. The molecule has 224 valence electrons. The van der Waals surface area contributed by atoms with Crippen molar-refractivity contribution in [3.8, 4) is 16.8 Å². The second kappa shape index (κ2) is 12.9. The smallest absolute Gasteiger partial charge is 0.259 e. The standard InChI is InChI=1S/C32H36N6O4S/c1-5-37(6-2)15-7-8-30(39)31-20(3)29(34-21(31)4)17-27-26-16-22(9-14-28(26)35-32(27)40)23-18-33-38(19-23)25-12-10-24(11-13-25)36-43(41)42/h9-14,16-19,34,36H,5-8,15H2,1-4H3,(H,35,40)(H,41,42)/b27-17-. The molecule has 1 unspecified atom stereocenters. The van der Waals surface area contributed by atoms with Crippen LogP contribution in [0.15, 0.2) is 54.9 Å². The number of Topliss-reactive ketones (excluding diaryl/α,β-unsaturated/α-hetero) is 1. The minimum absolute atomic E-state index is 0.118. The number of hydrogen-bond donors (Lipinski definition) is 4. The van der Waals surface area contributed by atoms with E-state index < -0.39 is 11.3 Å². The highest BCUT2D eigenvalue weighted by atomic mass is 32.2. The van der Waals surface area contributed by atoms with Gasteiger partial charge in [-0.15, -0.1) is 0 Å². The van der Waals surface area contributed by atoms with Crippen LogP contribution in [0.2, 0.25) is 0 Å². The molecule has 43 heavy (non-hydrogen) atoms. The van der Waals surface area contributed by atoms with Crippen LogP contribution in [0.3, 0.4) is 0 Å². The summed E-state index contributed by atoms with van der Waals surface area (Å²) in [5.41, 5.74) is 8.22. The summed E-state index contributed by atoms with van der Waals surface area (Å²) in [6, 6.07) is 12.8. The number of carbonyl (C=O) groups is 2. The van der Waals surface area contributed by atoms with Gasteiger partial charge in [-0.05, 0) is 93.5 Å². The molecule has 0 saturated carbocycles. The second-order valence-corrected chi connectivity index (χ2v) is 11.3. The fourth-order valence-electron chi connectivity index (χ4n) is 5.52. The zero-order valence-electron chi connectivity index (χ0n) is 24.7. The number of carbonyl (C=O) groups excluding carboxylic acids is 2.